The second-order valence-corrected chi connectivity index (χ2v) is 2.24. The van der Waals surface area contributed by atoms with Gasteiger partial charge >= 0.3 is 5.97 Å². The van der Waals surface area contributed by atoms with E-state index in [-0.39, 0.29) is 5.69 Å². The van der Waals surface area contributed by atoms with Crippen molar-refractivity contribution in [3.63, 3.8) is 0 Å². The lowest BCUT2D eigenvalue weighted by atomic mass is 10.4. The van der Waals surface area contributed by atoms with E-state index < -0.39 is 5.97 Å². The molecule has 0 unspecified atom stereocenters. The molecule has 0 saturated carbocycles. The van der Waals surface area contributed by atoms with Gasteiger partial charge in [0.2, 0.25) is 0 Å². The summed E-state index contributed by atoms with van der Waals surface area (Å²) in [5.41, 5.74) is 0.648. The molecule has 0 atom stereocenters. The molecule has 2 aromatic heterocycles. The first-order valence-electron chi connectivity index (χ1n) is 3.45. The Morgan fingerprint density at radius 3 is 3.15 bits per heavy atom. The van der Waals surface area contributed by atoms with Gasteiger partial charge in [-0.1, -0.05) is 0 Å². The summed E-state index contributed by atoms with van der Waals surface area (Å²) in [6.45, 7) is 0. The van der Waals surface area contributed by atoms with E-state index in [2.05, 4.69) is 25.4 Å². The maximum atomic E-state index is 11.0. The minimum atomic E-state index is -0.516. The van der Waals surface area contributed by atoms with Crippen LogP contribution in [0.5, 0.6) is 0 Å². The Morgan fingerprint density at radius 1 is 1.54 bits per heavy atom. The van der Waals surface area contributed by atoms with Gasteiger partial charge in [0.25, 0.3) is 0 Å². The zero-order valence-electron chi connectivity index (χ0n) is 6.71. The number of hydrogen-bond donors (Lipinski definition) is 0. The Bertz CT molecular complexity index is 451. The number of aromatic nitrogens is 5. The van der Waals surface area contributed by atoms with Crippen LogP contribution in [0.25, 0.3) is 5.65 Å². The van der Waals surface area contributed by atoms with Gasteiger partial charge in [0.05, 0.1) is 7.11 Å². The number of esters is 1. The van der Waals surface area contributed by atoms with Crippen LogP contribution in [-0.4, -0.2) is 38.3 Å². The molecule has 2 heterocycles. The summed E-state index contributed by atoms with van der Waals surface area (Å²) in [5.74, 6) is -0.516. The molecule has 7 heteroatoms. The van der Waals surface area contributed by atoms with Gasteiger partial charge in [-0.05, 0) is 22.6 Å². The van der Waals surface area contributed by atoms with E-state index >= 15 is 0 Å². The Kier molecular flexibility index (Phi) is 1.62. The Labute approximate surface area is 72.3 Å². The van der Waals surface area contributed by atoms with E-state index in [1.54, 1.807) is 6.07 Å². The standard InChI is InChI=1S/C6H5N5O2/c1-13-6(12)4-2-3-5-7-9-10-11(5)8-4/h2-3H,1H3. The molecule has 13 heavy (non-hydrogen) atoms. The van der Waals surface area contributed by atoms with E-state index in [0.717, 1.165) is 4.63 Å². The third kappa shape index (κ3) is 1.19. The van der Waals surface area contributed by atoms with E-state index in [1.165, 1.54) is 13.2 Å². The van der Waals surface area contributed by atoms with Gasteiger partial charge in [0, 0.05) is 0 Å². The summed E-state index contributed by atoms with van der Waals surface area (Å²) in [6, 6.07) is 3.08. The molecule has 0 bridgehead atoms. The van der Waals surface area contributed by atoms with Crippen LogP contribution in [-0.2, 0) is 4.74 Å². The molecule has 0 aliphatic heterocycles. The molecular weight excluding hydrogens is 174 g/mol. The largest absolute Gasteiger partial charge is 0.464 e. The zero-order chi connectivity index (χ0) is 9.26. The number of carbonyl (C=O) groups excluding carboxylic acids is 1. The highest BCUT2D eigenvalue weighted by atomic mass is 16.5. The van der Waals surface area contributed by atoms with Crippen LogP contribution in [0.3, 0.4) is 0 Å². The molecule has 0 aliphatic carbocycles. The molecule has 2 aromatic rings. The lowest BCUT2D eigenvalue weighted by molar-refractivity contribution is 0.0592. The van der Waals surface area contributed by atoms with E-state index in [0.29, 0.717) is 5.65 Å². The summed E-state index contributed by atoms with van der Waals surface area (Å²) in [4.78, 5) is 11.0. The molecule has 0 fully saturated rings. The van der Waals surface area contributed by atoms with Crippen molar-refractivity contribution in [1.82, 2.24) is 25.3 Å². The predicted octanol–water partition coefficient (Wildman–Crippen LogP) is -0.694. The third-order valence-electron chi connectivity index (χ3n) is 1.46. The van der Waals surface area contributed by atoms with Crippen LogP contribution in [0.1, 0.15) is 10.5 Å². The van der Waals surface area contributed by atoms with E-state index in [4.69, 9.17) is 0 Å². The fraction of sp³-hybridized carbons (Fsp3) is 0.167. The zero-order valence-corrected chi connectivity index (χ0v) is 6.71. The second-order valence-electron chi connectivity index (χ2n) is 2.24. The highest BCUT2D eigenvalue weighted by Gasteiger charge is 2.08. The van der Waals surface area contributed by atoms with Crippen LogP contribution in [0.4, 0.5) is 0 Å². The van der Waals surface area contributed by atoms with Crippen LogP contribution in [0, 0.1) is 0 Å². The fourth-order valence-electron chi connectivity index (χ4n) is 0.863. The molecule has 0 spiro atoms. The second kappa shape index (κ2) is 2.77. The maximum absolute atomic E-state index is 11.0. The summed E-state index contributed by atoms with van der Waals surface area (Å²) >= 11 is 0. The average Bonchev–Trinajstić information content (AvgIpc) is 2.63. The molecule has 0 aliphatic rings. The van der Waals surface area contributed by atoms with Gasteiger partial charge in [-0.2, -0.15) is 0 Å². The van der Waals surface area contributed by atoms with Gasteiger partial charge < -0.3 is 4.74 Å². The topological polar surface area (TPSA) is 82.3 Å². The number of hydrogen-bond acceptors (Lipinski definition) is 6. The first-order valence-corrected chi connectivity index (χ1v) is 3.45. The van der Waals surface area contributed by atoms with Gasteiger partial charge in [0.15, 0.2) is 11.3 Å². The van der Waals surface area contributed by atoms with Crippen LogP contribution in [0.15, 0.2) is 12.1 Å². The Hall–Kier alpha value is -2.05. The molecule has 0 saturated heterocycles. The molecule has 0 N–H and O–H groups in total. The summed E-state index contributed by atoms with van der Waals surface area (Å²) in [6.07, 6.45) is 0. The summed E-state index contributed by atoms with van der Waals surface area (Å²) < 4.78 is 5.64. The van der Waals surface area contributed by atoms with Gasteiger partial charge in [-0.3, -0.25) is 0 Å². The average molecular weight is 179 g/mol. The molecule has 0 amide bonds. The minimum Gasteiger partial charge on any atom is -0.464 e. The van der Waals surface area contributed by atoms with Crippen LogP contribution < -0.4 is 0 Å². The summed E-state index contributed by atoms with van der Waals surface area (Å²) in [7, 11) is 1.29. The predicted molar refractivity (Wildman–Crippen MR) is 39.9 cm³/mol. The number of fused-ring (bicyclic) bond motifs is 1. The van der Waals surface area contributed by atoms with Gasteiger partial charge in [0.1, 0.15) is 0 Å². The number of ether oxygens (including phenoxy) is 1. The number of tetrazole rings is 1. The van der Waals surface area contributed by atoms with Crippen LogP contribution in [0.2, 0.25) is 0 Å². The first-order chi connectivity index (χ1) is 6.31. The molecule has 2 rings (SSSR count). The number of nitrogens with zero attached hydrogens (tertiary/aromatic N) is 5. The highest BCUT2D eigenvalue weighted by Crippen LogP contribution is 1.98. The van der Waals surface area contributed by atoms with E-state index in [1.807, 2.05) is 0 Å². The molecule has 66 valence electrons. The quantitative estimate of drug-likeness (QED) is 0.538. The van der Waals surface area contributed by atoms with Crippen molar-refractivity contribution in [2.24, 2.45) is 0 Å². The number of methoxy groups -OCH3 is 1. The first kappa shape index (κ1) is 7.59. The van der Waals surface area contributed by atoms with Crippen molar-refractivity contribution in [2.75, 3.05) is 7.11 Å². The number of carbonyl (C=O) groups is 1. The maximum Gasteiger partial charge on any atom is 0.358 e. The lowest BCUT2D eigenvalue weighted by Gasteiger charge is -1.96. The Balaban J connectivity index is 2.54. The molecule has 0 radical (unpaired) electrons. The highest BCUT2D eigenvalue weighted by molar-refractivity contribution is 5.87. The van der Waals surface area contributed by atoms with Crippen molar-refractivity contribution in [2.45, 2.75) is 0 Å². The summed E-state index contributed by atoms with van der Waals surface area (Å²) in [5, 5.41) is 14.4. The van der Waals surface area contributed by atoms with Crippen molar-refractivity contribution < 1.29 is 9.53 Å². The molecule has 0 aromatic carbocycles. The van der Waals surface area contributed by atoms with Crippen LogP contribution >= 0.6 is 0 Å². The van der Waals surface area contributed by atoms with Gasteiger partial charge in [-0.25, -0.2) is 4.79 Å². The smallest absolute Gasteiger partial charge is 0.358 e. The Morgan fingerprint density at radius 2 is 2.38 bits per heavy atom. The monoisotopic (exact) mass is 179 g/mol. The van der Waals surface area contributed by atoms with Crippen molar-refractivity contribution >= 4 is 11.6 Å². The van der Waals surface area contributed by atoms with Crippen molar-refractivity contribution in [1.29, 1.82) is 0 Å². The molecule has 7 nitrogen and oxygen atoms in total. The van der Waals surface area contributed by atoms with E-state index in [9.17, 15) is 4.79 Å². The fourth-order valence-corrected chi connectivity index (χ4v) is 0.863. The third-order valence-corrected chi connectivity index (χ3v) is 1.46. The van der Waals surface area contributed by atoms with Gasteiger partial charge in [-0.15, -0.1) is 14.8 Å². The molecular formula is C6H5N5O2. The van der Waals surface area contributed by atoms with Crippen molar-refractivity contribution in [3.05, 3.63) is 17.8 Å². The number of rotatable bonds is 1. The normalized spacial score (nSPS) is 10.2. The lowest BCUT2D eigenvalue weighted by Crippen LogP contribution is -2.07. The van der Waals surface area contributed by atoms with Crippen molar-refractivity contribution in [3.8, 4) is 0 Å². The SMILES string of the molecule is COC(=O)c1ccc2nnnn2n1. The minimum absolute atomic E-state index is 0.169.